The zero-order valence-electron chi connectivity index (χ0n) is 28.8. The van der Waals surface area contributed by atoms with Crippen molar-refractivity contribution < 1.29 is 17.6 Å². The smallest absolute Gasteiger partial charge is 0.130 e. The van der Waals surface area contributed by atoms with Crippen molar-refractivity contribution >= 4 is 5.57 Å². The normalized spacial score (nSPS) is 14.5. The highest BCUT2D eigenvalue weighted by Crippen LogP contribution is 2.49. The third-order valence-corrected chi connectivity index (χ3v) is 9.49. The van der Waals surface area contributed by atoms with Crippen LogP contribution >= 0.6 is 0 Å². The van der Waals surface area contributed by atoms with Crippen LogP contribution in [-0.4, -0.2) is 0 Å². The van der Waals surface area contributed by atoms with Gasteiger partial charge in [-0.2, -0.15) is 0 Å². The van der Waals surface area contributed by atoms with E-state index < -0.39 is 22.7 Å². The zero-order valence-corrected chi connectivity index (χ0v) is 28.8. The molecule has 0 aliphatic carbocycles. The first-order chi connectivity index (χ1) is 21.3. The van der Waals surface area contributed by atoms with Crippen LogP contribution in [-0.2, 0) is 35.0 Å². The van der Waals surface area contributed by atoms with Crippen LogP contribution in [0.15, 0.2) is 91.5 Å². The number of rotatable bonds is 10. The van der Waals surface area contributed by atoms with Gasteiger partial charge in [-0.25, -0.2) is 17.6 Å². The SMILES string of the molecule is C=C(c1cc(C(C)(C)F)cc(C(C)(C)F)c1)C(C)[C@@](Cc1ccccc1)(c1cc(F)cc(C(C)(C)C)c1)c1ccc(F)c(CC)c1. The van der Waals surface area contributed by atoms with Gasteiger partial charge in [-0.3, -0.25) is 0 Å². The second kappa shape index (κ2) is 12.9. The summed E-state index contributed by atoms with van der Waals surface area (Å²) in [4.78, 5) is 0. The largest absolute Gasteiger partial charge is 0.239 e. The lowest BCUT2D eigenvalue weighted by molar-refractivity contribution is 0.212. The van der Waals surface area contributed by atoms with Crippen molar-refractivity contribution in [1.82, 2.24) is 0 Å². The van der Waals surface area contributed by atoms with Crippen molar-refractivity contribution in [1.29, 1.82) is 0 Å². The Labute approximate surface area is 273 Å². The Bertz CT molecular complexity index is 1660. The molecule has 0 heterocycles. The van der Waals surface area contributed by atoms with Gasteiger partial charge in [-0.15, -0.1) is 0 Å². The molecule has 0 saturated carbocycles. The van der Waals surface area contributed by atoms with E-state index in [1.165, 1.54) is 33.8 Å². The minimum atomic E-state index is -1.72. The van der Waals surface area contributed by atoms with Gasteiger partial charge in [0.1, 0.15) is 23.0 Å². The minimum Gasteiger partial charge on any atom is -0.239 e. The predicted molar refractivity (Wildman–Crippen MR) is 185 cm³/mol. The molecule has 244 valence electrons. The lowest BCUT2D eigenvalue weighted by Gasteiger charge is -2.43. The van der Waals surface area contributed by atoms with Crippen LogP contribution in [0.1, 0.15) is 107 Å². The summed E-state index contributed by atoms with van der Waals surface area (Å²) in [5, 5.41) is 0. The highest BCUT2D eigenvalue weighted by Gasteiger charge is 2.43. The van der Waals surface area contributed by atoms with Gasteiger partial charge in [-0.1, -0.05) is 89.7 Å². The van der Waals surface area contributed by atoms with Crippen molar-refractivity contribution in [3.63, 3.8) is 0 Å². The highest BCUT2D eigenvalue weighted by molar-refractivity contribution is 5.70. The Balaban J connectivity index is 2.11. The second-order valence-corrected chi connectivity index (χ2v) is 14.8. The molecule has 0 spiro atoms. The maximum absolute atomic E-state index is 15.7. The molecule has 0 N–H and O–H groups in total. The topological polar surface area (TPSA) is 0 Å². The standard InChI is InChI=1S/C42H48F4/c1-11-30-19-32(17-18-38(30)44)42(26-29-15-13-12-14-16-29,36-22-33(39(4,5)6)24-37(43)25-36)28(3)27(2)31-20-34(40(7,8)45)23-35(21-31)41(9,10)46/h12-25,28H,2,11,26H2,1,3-10H3/t28?,42-/m1/s1. The van der Waals surface area contributed by atoms with E-state index >= 15 is 17.6 Å². The summed E-state index contributed by atoms with van der Waals surface area (Å²) in [6, 6.07) is 25.4. The van der Waals surface area contributed by atoms with Crippen molar-refractivity contribution in [3.8, 4) is 0 Å². The molecule has 2 atom stereocenters. The Kier molecular flexibility index (Phi) is 9.84. The Morgan fingerprint density at radius 3 is 1.74 bits per heavy atom. The van der Waals surface area contributed by atoms with Gasteiger partial charge in [0.2, 0.25) is 0 Å². The molecule has 0 amide bonds. The monoisotopic (exact) mass is 628 g/mol. The molecule has 0 saturated heterocycles. The van der Waals surface area contributed by atoms with Crippen molar-refractivity contribution in [2.75, 3.05) is 0 Å². The van der Waals surface area contributed by atoms with Crippen LogP contribution in [0.5, 0.6) is 0 Å². The van der Waals surface area contributed by atoms with E-state index in [1.54, 1.807) is 36.4 Å². The molecule has 4 rings (SSSR count). The number of hydrogen-bond donors (Lipinski definition) is 0. The number of benzene rings is 4. The van der Waals surface area contributed by atoms with Gasteiger partial charge in [0.25, 0.3) is 0 Å². The van der Waals surface area contributed by atoms with Crippen molar-refractivity contribution in [3.05, 3.63) is 148 Å². The van der Waals surface area contributed by atoms with E-state index in [9.17, 15) is 0 Å². The number of halogens is 4. The van der Waals surface area contributed by atoms with E-state index in [2.05, 4.69) is 12.6 Å². The minimum absolute atomic E-state index is 0.298. The molecule has 46 heavy (non-hydrogen) atoms. The fourth-order valence-electron chi connectivity index (χ4n) is 6.39. The number of hydrogen-bond acceptors (Lipinski definition) is 0. The third-order valence-electron chi connectivity index (χ3n) is 9.49. The maximum Gasteiger partial charge on any atom is 0.130 e. The van der Waals surface area contributed by atoms with Crippen LogP contribution < -0.4 is 0 Å². The molecule has 0 nitrogen and oxygen atoms in total. The molecule has 4 heteroatoms. The third kappa shape index (κ3) is 7.32. The van der Waals surface area contributed by atoms with E-state index in [0.717, 1.165) is 22.3 Å². The van der Waals surface area contributed by atoms with Gasteiger partial charge in [0.15, 0.2) is 0 Å². The summed E-state index contributed by atoms with van der Waals surface area (Å²) in [6.07, 6.45) is 0.932. The lowest BCUT2D eigenvalue weighted by atomic mass is 9.60. The van der Waals surface area contributed by atoms with Crippen molar-refractivity contribution in [2.24, 2.45) is 5.92 Å². The van der Waals surface area contributed by atoms with E-state index in [4.69, 9.17) is 0 Å². The highest BCUT2D eigenvalue weighted by atomic mass is 19.1. The van der Waals surface area contributed by atoms with E-state index in [0.29, 0.717) is 40.7 Å². The lowest BCUT2D eigenvalue weighted by Crippen LogP contribution is -2.39. The van der Waals surface area contributed by atoms with E-state index in [1.807, 2.05) is 71.0 Å². The van der Waals surface area contributed by atoms with Crippen LogP contribution in [0.2, 0.25) is 0 Å². The van der Waals surface area contributed by atoms with Crippen LogP contribution in [0.25, 0.3) is 5.57 Å². The molecule has 4 aromatic carbocycles. The molecule has 4 aromatic rings. The van der Waals surface area contributed by atoms with Gasteiger partial charge in [0, 0.05) is 5.41 Å². The number of allylic oxidation sites excluding steroid dienone is 1. The molecule has 0 fully saturated rings. The molecule has 0 radical (unpaired) electrons. The maximum atomic E-state index is 15.7. The average Bonchev–Trinajstić information content (AvgIpc) is 2.98. The summed E-state index contributed by atoms with van der Waals surface area (Å²) < 4.78 is 61.8. The van der Waals surface area contributed by atoms with Gasteiger partial charge < -0.3 is 0 Å². The van der Waals surface area contributed by atoms with Gasteiger partial charge >= 0.3 is 0 Å². The molecular weight excluding hydrogens is 580 g/mol. The fourth-order valence-corrected chi connectivity index (χ4v) is 6.39. The summed E-state index contributed by atoms with van der Waals surface area (Å²) in [5.74, 6) is -1.09. The van der Waals surface area contributed by atoms with Crippen molar-refractivity contribution in [2.45, 2.75) is 97.3 Å². The summed E-state index contributed by atoms with van der Waals surface area (Å²) >= 11 is 0. The number of alkyl halides is 2. The molecule has 0 aromatic heterocycles. The Morgan fingerprint density at radius 1 is 0.674 bits per heavy atom. The van der Waals surface area contributed by atoms with Crippen LogP contribution in [0.4, 0.5) is 17.6 Å². The second-order valence-electron chi connectivity index (χ2n) is 14.8. The molecule has 0 bridgehead atoms. The molecular formula is C42H48F4. The number of aryl methyl sites for hydroxylation is 1. The van der Waals surface area contributed by atoms with E-state index in [-0.39, 0.29) is 17.0 Å². The molecule has 0 aliphatic heterocycles. The zero-order chi connectivity index (χ0) is 34.2. The quantitative estimate of drug-likeness (QED) is 0.153. The molecule has 1 unspecified atom stereocenters. The average molecular weight is 629 g/mol. The Hall–Kier alpha value is -3.66. The first kappa shape index (κ1) is 35.2. The predicted octanol–water partition coefficient (Wildman–Crippen LogP) is 12.1. The van der Waals surface area contributed by atoms with Gasteiger partial charge in [0.05, 0.1) is 0 Å². The summed E-state index contributed by atoms with van der Waals surface area (Å²) in [7, 11) is 0. The molecule has 0 aliphatic rings. The first-order valence-electron chi connectivity index (χ1n) is 16.1. The summed E-state index contributed by atoms with van der Waals surface area (Å²) in [6.45, 7) is 20.5. The fraction of sp³-hybridized carbons (Fsp3) is 0.381. The first-order valence-corrected chi connectivity index (χ1v) is 16.1. The van der Waals surface area contributed by atoms with Crippen LogP contribution in [0, 0.1) is 17.6 Å². The van der Waals surface area contributed by atoms with Gasteiger partial charge in [-0.05, 0) is 138 Å². The Morgan fingerprint density at radius 2 is 1.22 bits per heavy atom. The van der Waals surface area contributed by atoms with Crippen LogP contribution in [0.3, 0.4) is 0 Å². The summed E-state index contributed by atoms with van der Waals surface area (Å²) in [5.41, 5.74) is 1.17.